The molecule has 9 nitrogen and oxygen atoms in total. The Morgan fingerprint density at radius 1 is 1.33 bits per heavy atom. The Morgan fingerprint density at radius 3 is 2.33 bits per heavy atom. The van der Waals surface area contributed by atoms with Gasteiger partial charge in [0, 0.05) is 6.07 Å². The molecule has 21 heavy (non-hydrogen) atoms. The predicted octanol–water partition coefficient (Wildman–Crippen LogP) is 2.35. The van der Waals surface area contributed by atoms with Gasteiger partial charge in [-0.05, 0) is 26.8 Å². The number of carbonyl (C=O) groups excluding carboxylic acids is 1. The first kappa shape index (κ1) is 16.2. The fraction of sp³-hybridized carbons (Fsp3) is 0.333. The number of phenols is 1. The molecule has 0 fully saturated rings. The highest BCUT2D eigenvalue weighted by atomic mass is 16.6. The summed E-state index contributed by atoms with van der Waals surface area (Å²) >= 11 is 0. The molecule has 1 aromatic rings. The summed E-state index contributed by atoms with van der Waals surface area (Å²) in [6, 6.07) is 1.75. The summed E-state index contributed by atoms with van der Waals surface area (Å²) in [6.45, 7) is 4.74. The van der Waals surface area contributed by atoms with Crippen LogP contribution < -0.4 is 5.32 Å². The zero-order valence-corrected chi connectivity index (χ0v) is 11.5. The van der Waals surface area contributed by atoms with Crippen LogP contribution in [0.2, 0.25) is 0 Å². The van der Waals surface area contributed by atoms with Crippen LogP contribution in [0, 0.1) is 10.1 Å². The molecule has 1 rings (SSSR count). The fourth-order valence-electron chi connectivity index (χ4n) is 1.48. The van der Waals surface area contributed by atoms with Gasteiger partial charge in [0.2, 0.25) is 0 Å². The quantitative estimate of drug-likeness (QED) is 0.442. The maximum absolute atomic E-state index is 11.6. The summed E-state index contributed by atoms with van der Waals surface area (Å²) < 4.78 is 4.91. The van der Waals surface area contributed by atoms with Crippen molar-refractivity contribution in [3.8, 4) is 5.75 Å². The second kappa shape index (κ2) is 5.65. The van der Waals surface area contributed by atoms with Gasteiger partial charge in [-0.15, -0.1) is 0 Å². The predicted molar refractivity (Wildman–Crippen MR) is 71.6 cm³/mol. The van der Waals surface area contributed by atoms with Crippen LogP contribution in [0.25, 0.3) is 0 Å². The molecule has 0 atom stereocenters. The van der Waals surface area contributed by atoms with Crippen LogP contribution in [0.3, 0.4) is 0 Å². The lowest BCUT2D eigenvalue weighted by Gasteiger charge is -2.20. The maximum atomic E-state index is 11.6. The van der Waals surface area contributed by atoms with Crippen molar-refractivity contribution in [3.05, 3.63) is 27.8 Å². The Morgan fingerprint density at radius 2 is 1.90 bits per heavy atom. The van der Waals surface area contributed by atoms with Gasteiger partial charge >= 0.3 is 12.1 Å². The Labute approximate surface area is 119 Å². The number of nitro benzene ring substituents is 1. The van der Waals surface area contributed by atoms with Crippen LogP contribution >= 0.6 is 0 Å². The van der Waals surface area contributed by atoms with Crippen molar-refractivity contribution in [2.75, 3.05) is 5.32 Å². The Bertz CT molecular complexity index is 604. The van der Waals surface area contributed by atoms with E-state index in [2.05, 4.69) is 0 Å². The number of nitro groups is 1. The van der Waals surface area contributed by atoms with Crippen LogP contribution in [-0.4, -0.2) is 32.8 Å². The zero-order chi connectivity index (χ0) is 16.4. The van der Waals surface area contributed by atoms with E-state index in [4.69, 9.17) is 9.84 Å². The number of nitrogens with one attached hydrogen (secondary N) is 1. The number of benzene rings is 1. The molecule has 0 aromatic heterocycles. The van der Waals surface area contributed by atoms with Gasteiger partial charge in [-0.3, -0.25) is 15.4 Å². The van der Waals surface area contributed by atoms with Crippen molar-refractivity contribution in [1.29, 1.82) is 0 Å². The normalized spacial score (nSPS) is 10.8. The Balaban J connectivity index is 3.28. The van der Waals surface area contributed by atoms with Gasteiger partial charge in [0.15, 0.2) is 5.56 Å². The number of hydrogen-bond donors (Lipinski definition) is 3. The average molecular weight is 298 g/mol. The summed E-state index contributed by atoms with van der Waals surface area (Å²) in [5.41, 5.74) is -3.03. The summed E-state index contributed by atoms with van der Waals surface area (Å²) in [7, 11) is 0. The molecule has 9 heteroatoms. The molecule has 0 radical (unpaired) electrons. The third-order valence-corrected chi connectivity index (χ3v) is 2.20. The second-order valence-electron chi connectivity index (χ2n) is 5.04. The minimum absolute atomic E-state index is 0.592. The van der Waals surface area contributed by atoms with Crippen molar-refractivity contribution in [2.45, 2.75) is 26.4 Å². The van der Waals surface area contributed by atoms with Crippen molar-refractivity contribution in [2.24, 2.45) is 0 Å². The van der Waals surface area contributed by atoms with Gasteiger partial charge in [0.25, 0.3) is 5.69 Å². The number of nitrogens with zero attached hydrogens (tertiary/aromatic N) is 1. The number of rotatable bonds is 3. The lowest BCUT2D eigenvalue weighted by atomic mass is 10.1. The molecule has 0 aliphatic carbocycles. The molecule has 114 valence electrons. The molecule has 0 unspecified atom stereocenters. The van der Waals surface area contributed by atoms with Crippen LogP contribution in [0.1, 0.15) is 31.1 Å². The molecule has 1 aromatic carbocycles. The van der Waals surface area contributed by atoms with Crippen molar-refractivity contribution in [3.63, 3.8) is 0 Å². The Hall–Kier alpha value is -2.84. The van der Waals surface area contributed by atoms with Gasteiger partial charge in [0.05, 0.1) is 4.92 Å². The first-order valence-electron chi connectivity index (χ1n) is 5.76. The molecule has 0 saturated carbocycles. The van der Waals surface area contributed by atoms with Crippen LogP contribution in [0.4, 0.5) is 16.2 Å². The van der Waals surface area contributed by atoms with Gasteiger partial charge in [-0.2, -0.15) is 0 Å². The molecular formula is C12H14N2O7. The monoisotopic (exact) mass is 298 g/mol. The van der Waals surface area contributed by atoms with Crippen molar-refractivity contribution in [1.82, 2.24) is 0 Å². The minimum atomic E-state index is -1.66. The second-order valence-corrected chi connectivity index (χ2v) is 5.04. The third kappa shape index (κ3) is 4.06. The van der Waals surface area contributed by atoms with Gasteiger partial charge in [-0.25, -0.2) is 9.59 Å². The van der Waals surface area contributed by atoms with E-state index < -0.39 is 45.3 Å². The van der Waals surface area contributed by atoms with Crippen molar-refractivity contribution >= 4 is 23.4 Å². The number of anilines is 1. The fourth-order valence-corrected chi connectivity index (χ4v) is 1.48. The van der Waals surface area contributed by atoms with E-state index in [1.807, 2.05) is 5.32 Å². The van der Waals surface area contributed by atoms with Gasteiger partial charge in [0.1, 0.15) is 17.0 Å². The van der Waals surface area contributed by atoms with E-state index in [1.54, 1.807) is 20.8 Å². The molecule has 0 bridgehead atoms. The highest BCUT2D eigenvalue weighted by Gasteiger charge is 2.28. The smallest absolute Gasteiger partial charge is 0.412 e. The summed E-state index contributed by atoms with van der Waals surface area (Å²) in [4.78, 5) is 32.7. The highest BCUT2D eigenvalue weighted by molar-refractivity contribution is 6.04. The van der Waals surface area contributed by atoms with E-state index in [0.717, 1.165) is 12.1 Å². The number of carboxylic acids is 1. The number of amides is 1. The largest absolute Gasteiger partial charge is 0.506 e. The molecule has 0 aliphatic heterocycles. The van der Waals surface area contributed by atoms with Crippen LogP contribution in [0.5, 0.6) is 5.75 Å². The number of hydrogen-bond acceptors (Lipinski definition) is 6. The molecule has 1 amide bonds. The SMILES string of the molecule is CC(C)(C)OC(=O)Nc1c(O)ccc([N+](=O)[O-])c1C(=O)O. The van der Waals surface area contributed by atoms with E-state index in [9.17, 15) is 24.8 Å². The molecule has 3 N–H and O–H groups in total. The van der Waals surface area contributed by atoms with Crippen LogP contribution in [-0.2, 0) is 4.74 Å². The summed E-state index contributed by atoms with van der Waals surface area (Å²) in [5, 5.41) is 31.5. The summed E-state index contributed by atoms with van der Waals surface area (Å²) in [6.07, 6.45) is -1.04. The highest BCUT2D eigenvalue weighted by Crippen LogP contribution is 2.34. The standard InChI is InChI=1S/C12H14N2O7/c1-12(2,3)21-11(18)13-9-7(15)5-4-6(14(19)20)8(9)10(16)17/h4-5,15H,1-3H3,(H,13,18)(H,16,17). The Kier molecular flexibility index (Phi) is 4.36. The lowest BCUT2D eigenvalue weighted by molar-refractivity contribution is -0.385. The average Bonchev–Trinajstić information content (AvgIpc) is 2.28. The zero-order valence-electron chi connectivity index (χ0n) is 11.5. The maximum Gasteiger partial charge on any atom is 0.412 e. The number of aromatic carboxylic acids is 1. The van der Waals surface area contributed by atoms with Gasteiger partial charge < -0.3 is 14.9 Å². The third-order valence-electron chi connectivity index (χ3n) is 2.20. The van der Waals surface area contributed by atoms with Gasteiger partial charge in [-0.1, -0.05) is 0 Å². The van der Waals surface area contributed by atoms with Crippen LogP contribution in [0.15, 0.2) is 12.1 Å². The number of aromatic hydroxyl groups is 1. The molecule has 0 saturated heterocycles. The number of carboxylic acid groups (broad SMARTS) is 1. The topological polar surface area (TPSA) is 139 Å². The van der Waals surface area contributed by atoms with E-state index in [-0.39, 0.29) is 0 Å². The molecule has 0 spiro atoms. The summed E-state index contributed by atoms with van der Waals surface area (Å²) in [5.74, 6) is -2.28. The van der Waals surface area contributed by atoms with E-state index in [0.29, 0.717) is 0 Å². The number of phenolic OH excluding ortho intramolecular Hbond substituents is 1. The number of carbonyl (C=O) groups is 2. The first-order chi connectivity index (χ1) is 9.53. The molecule has 0 aliphatic rings. The van der Waals surface area contributed by atoms with E-state index in [1.165, 1.54) is 0 Å². The molecule has 0 heterocycles. The van der Waals surface area contributed by atoms with Crippen molar-refractivity contribution < 1.29 is 29.5 Å². The number of ether oxygens (including phenoxy) is 1. The van der Waals surface area contributed by atoms with E-state index >= 15 is 0 Å². The molecular weight excluding hydrogens is 284 g/mol. The minimum Gasteiger partial charge on any atom is -0.506 e. The lowest BCUT2D eigenvalue weighted by Crippen LogP contribution is -2.28. The first-order valence-corrected chi connectivity index (χ1v) is 5.76.